The van der Waals surface area contributed by atoms with Crippen LogP contribution in [-0.4, -0.2) is 28.6 Å². The molecule has 1 aromatic rings. The molecule has 3 nitrogen and oxygen atoms in total. The van der Waals surface area contributed by atoms with E-state index in [0.717, 1.165) is 12.1 Å². The Morgan fingerprint density at radius 3 is 2.76 bits per heavy atom. The van der Waals surface area contributed by atoms with E-state index < -0.39 is 5.97 Å². The van der Waals surface area contributed by atoms with Gasteiger partial charge in [-0.15, -0.1) is 0 Å². The molecule has 114 valence electrons. The average Bonchev–Trinajstić information content (AvgIpc) is 2.45. The maximum absolute atomic E-state index is 11.7. The van der Waals surface area contributed by atoms with Gasteiger partial charge in [0, 0.05) is 19.1 Å². The van der Waals surface area contributed by atoms with E-state index in [1.54, 1.807) is 0 Å². The molecule has 21 heavy (non-hydrogen) atoms. The van der Waals surface area contributed by atoms with Crippen molar-refractivity contribution in [3.05, 3.63) is 35.4 Å². The van der Waals surface area contributed by atoms with Crippen LogP contribution in [-0.2, 0) is 11.3 Å². The Morgan fingerprint density at radius 1 is 1.29 bits per heavy atom. The molecule has 2 atom stereocenters. The van der Waals surface area contributed by atoms with Crippen LogP contribution in [0.1, 0.15) is 56.6 Å². The number of nitrogens with zero attached hydrogens (tertiary/aromatic N) is 1. The summed E-state index contributed by atoms with van der Waals surface area (Å²) in [6.07, 6.45) is 5.01. The number of benzene rings is 1. The normalized spacial score (nSPS) is 28.9. The van der Waals surface area contributed by atoms with Crippen molar-refractivity contribution < 1.29 is 9.90 Å². The number of fused-ring (bicyclic) bond motifs is 1. The summed E-state index contributed by atoms with van der Waals surface area (Å²) in [6, 6.07) is 8.55. The summed E-state index contributed by atoms with van der Waals surface area (Å²) in [5.74, 6) is -1.08. The molecule has 2 unspecified atom stereocenters. The molecule has 0 amide bonds. The topological polar surface area (TPSA) is 40.5 Å². The molecule has 1 aliphatic heterocycles. The molecule has 1 aromatic carbocycles. The van der Waals surface area contributed by atoms with Crippen LogP contribution in [0.3, 0.4) is 0 Å². The van der Waals surface area contributed by atoms with E-state index in [4.69, 9.17) is 0 Å². The lowest BCUT2D eigenvalue weighted by atomic mass is 9.71. The first-order chi connectivity index (χ1) is 9.99. The van der Waals surface area contributed by atoms with Gasteiger partial charge in [-0.05, 0) is 29.4 Å². The van der Waals surface area contributed by atoms with Crippen LogP contribution >= 0.6 is 0 Å². The number of carboxylic acid groups (broad SMARTS) is 1. The minimum atomic E-state index is -0.694. The standard InChI is InChI=1S/C18H25NO2/c1-18(2)10-6-5-9-16(18)19-11-13-7-3-4-8-14(13)15(12-19)17(20)21/h3-4,7-8,15-16H,5-6,9-12H2,1-2H3,(H,20,21). The molecule has 3 rings (SSSR count). The van der Waals surface area contributed by atoms with Crippen molar-refractivity contribution in [3.8, 4) is 0 Å². The quantitative estimate of drug-likeness (QED) is 0.903. The zero-order chi connectivity index (χ0) is 15.0. The molecule has 0 radical (unpaired) electrons. The summed E-state index contributed by atoms with van der Waals surface area (Å²) >= 11 is 0. The van der Waals surface area contributed by atoms with E-state index in [9.17, 15) is 9.90 Å². The largest absolute Gasteiger partial charge is 0.481 e. The Labute approximate surface area is 127 Å². The molecule has 1 aliphatic carbocycles. The number of aliphatic carboxylic acids is 1. The Morgan fingerprint density at radius 2 is 2.05 bits per heavy atom. The lowest BCUT2D eigenvalue weighted by molar-refractivity contribution is -0.140. The van der Waals surface area contributed by atoms with Crippen LogP contribution in [0.2, 0.25) is 0 Å². The van der Waals surface area contributed by atoms with Crippen LogP contribution in [0.4, 0.5) is 0 Å². The molecule has 2 aliphatic rings. The summed E-state index contributed by atoms with van der Waals surface area (Å²) in [6.45, 7) is 6.23. The highest BCUT2D eigenvalue weighted by Gasteiger charge is 2.40. The van der Waals surface area contributed by atoms with Gasteiger partial charge in [-0.3, -0.25) is 9.69 Å². The fourth-order valence-corrected chi connectivity index (χ4v) is 4.24. The number of hydrogen-bond acceptors (Lipinski definition) is 2. The summed E-state index contributed by atoms with van der Waals surface area (Å²) in [5.41, 5.74) is 2.49. The first-order valence-electron chi connectivity index (χ1n) is 8.04. The summed E-state index contributed by atoms with van der Waals surface area (Å²) < 4.78 is 0. The van der Waals surface area contributed by atoms with Gasteiger partial charge >= 0.3 is 5.97 Å². The van der Waals surface area contributed by atoms with Crippen LogP contribution < -0.4 is 0 Å². The van der Waals surface area contributed by atoms with Gasteiger partial charge in [-0.1, -0.05) is 51.0 Å². The van der Waals surface area contributed by atoms with Crippen molar-refractivity contribution in [1.82, 2.24) is 4.90 Å². The summed E-state index contributed by atoms with van der Waals surface area (Å²) in [7, 11) is 0. The third-order valence-electron chi connectivity index (χ3n) is 5.41. The maximum Gasteiger partial charge on any atom is 0.312 e. The Balaban J connectivity index is 1.91. The number of carboxylic acids is 1. The molecule has 0 bridgehead atoms. The second-order valence-electron chi connectivity index (χ2n) is 7.27. The zero-order valence-corrected chi connectivity index (χ0v) is 13.0. The lowest BCUT2D eigenvalue weighted by Gasteiger charge is -2.48. The van der Waals surface area contributed by atoms with E-state index in [1.807, 2.05) is 18.2 Å². The van der Waals surface area contributed by atoms with Gasteiger partial charge in [0.1, 0.15) is 0 Å². The van der Waals surface area contributed by atoms with E-state index in [-0.39, 0.29) is 11.3 Å². The van der Waals surface area contributed by atoms with Crippen molar-refractivity contribution in [2.24, 2.45) is 5.41 Å². The van der Waals surface area contributed by atoms with E-state index >= 15 is 0 Å². The Kier molecular flexibility index (Phi) is 3.78. The van der Waals surface area contributed by atoms with Gasteiger partial charge in [0.2, 0.25) is 0 Å². The summed E-state index contributed by atoms with van der Waals surface area (Å²) in [4.78, 5) is 14.1. The van der Waals surface area contributed by atoms with Gasteiger partial charge in [-0.25, -0.2) is 0 Å². The molecular weight excluding hydrogens is 262 g/mol. The molecule has 1 fully saturated rings. The van der Waals surface area contributed by atoms with Gasteiger partial charge < -0.3 is 5.11 Å². The van der Waals surface area contributed by atoms with Crippen molar-refractivity contribution in [2.45, 2.75) is 58.0 Å². The predicted molar refractivity (Wildman–Crippen MR) is 83.3 cm³/mol. The minimum absolute atomic E-state index is 0.285. The van der Waals surface area contributed by atoms with Gasteiger partial charge in [-0.2, -0.15) is 0 Å². The maximum atomic E-state index is 11.7. The fourth-order valence-electron chi connectivity index (χ4n) is 4.24. The highest BCUT2D eigenvalue weighted by atomic mass is 16.4. The Bertz CT molecular complexity index is 538. The third kappa shape index (κ3) is 2.71. The van der Waals surface area contributed by atoms with E-state index in [1.165, 1.54) is 31.2 Å². The van der Waals surface area contributed by atoms with Gasteiger partial charge in [0.15, 0.2) is 0 Å². The smallest absolute Gasteiger partial charge is 0.312 e. The molecule has 1 N–H and O–H groups in total. The molecule has 0 saturated heterocycles. The van der Waals surface area contributed by atoms with Crippen molar-refractivity contribution in [1.29, 1.82) is 0 Å². The first kappa shape index (κ1) is 14.6. The second-order valence-corrected chi connectivity index (χ2v) is 7.27. The number of rotatable bonds is 2. The SMILES string of the molecule is CC1(C)CCCCC1N1Cc2ccccc2C(C(=O)O)C1. The third-order valence-corrected chi connectivity index (χ3v) is 5.41. The molecule has 1 heterocycles. The van der Waals surface area contributed by atoms with Crippen LogP contribution in [0.5, 0.6) is 0 Å². The van der Waals surface area contributed by atoms with Crippen molar-refractivity contribution in [2.75, 3.05) is 6.54 Å². The zero-order valence-electron chi connectivity index (χ0n) is 13.0. The molecule has 0 aromatic heterocycles. The number of carbonyl (C=O) groups is 1. The fraction of sp³-hybridized carbons (Fsp3) is 0.611. The van der Waals surface area contributed by atoms with E-state index in [0.29, 0.717) is 12.6 Å². The molecule has 3 heteroatoms. The second kappa shape index (κ2) is 5.45. The van der Waals surface area contributed by atoms with Crippen molar-refractivity contribution in [3.63, 3.8) is 0 Å². The monoisotopic (exact) mass is 287 g/mol. The highest BCUT2D eigenvalue weighted by Crippen LogP contribution is 2.41. The van der Waals surface area contributed by atoms with Crippen LogP contribution in [0.25, 0.3) is 0 Å². The first-order valence-corrected chi connectivity index (χ1v) is 8.04. The van der Waals surface area contributed by atoms with Gasteiger partial charge in [0.25, 0.3) is 0 Å². The van der Waals surface area contributed by atoms with Crippen LogP contribution in [0, 0.1) is 5.41 Å². The van der Waals surface area contributed by atoms with E-state index in [2.05, 4.69) is 24.8 Å². The van der Waals surface area contributed by atoms with Crippen LogP contribution in [0.15, 0.2) is 24.3 Å². The van der Waals surface area contributed by atoms with Crippen molar-refractivity contribution >= 4 is 5.97 Å². The molecular formula is C18H25NO2. The Hall–Kier alpha value is -1.35. The highest BCUT2D eigenvalue weighted by molar-refractivity contribution is 5.77. The average molecular weight is 287 g/mol. The summed E-state index contributed by atoms with van der Waals surface area (Å²) in [5, 5.41) is 9.60. The minimum Gasteiger partial charge on any atom is -0.481 e. The lowest BCUT2D eigenvalue weighted by Crippen LogP contribution is -2.50. The molecule has 1 saturated carbocycles. The molecule has 0 spiro atoms. The number of hydrogen-bond donors (Lipinski definition) is 1. The van der Waals surface area contributed by atoms with Gasteiger partial charge in [0.05, 0.1) is 5.92 Å². The predicted octanol–water partition coefficient (Wildman–Crippen LogP) is 3.64.